The fourth-order valence-corrected chi connectivity index (χ4v) is 2.57. The van der Waals surface area contributed by atoms with Crippen LogP contribution in [-0.4, -0.2) is 0 Å². The highest BCUT2D eigenvalue weighted by Crippen LogP contribution is 2.37. The Labute approximate surface area is 69.7 Å². The van der Waals surface area contributed by atoms with Crippen molar-refractivity contribution in [1.82, 2.24) is 0 Å². The molecule has 0 spiro atoms. The molecule has 0 aliphatic heterocycles. The van der Waals surface area contributed by atoms with Crippen LogP contribution in [0.3, 0.4) is 0 Å². The Kier molecular flexibility index (Phi) is 2.02. The lowest BCUT2D eigenvalue weighted by atomic mass is 9.75. The van der Waals surface area contributed by atoms with Crippen LogP contribution in [0.2, 0.25) is 0 Å². The fourth-order valence-electron chi connectivity index (χ4n) is 2.57. The number of fused-ring (bicyclic) bond motifs is 1. The van der Waals surface area contributed by atoms with E-state index in [2.05, 4.69) is 13.0 Å². The van der Waals surface area contributed by atoms with Gasteiger partial charge in [0.2, 0.25) is 0 Å². The number of hydrogen-bond acceptors (Lipinski definition) is 0. The van der Waals surface area contributed by atoms with E-state index in [0.29, 0.717) is 0 Å². The lowest BCUT2D eigenvalue weighted by Crippen LogP contribution is -2.16. The van der Waals surface area contributed by atoms with Gasteiger partial charge in [-0.25, -0.2) is 0 Å². The smallest absolute Gasteiger partial charge is 0.0203 e. The molecule has 1 saturated carbocycles. The molecule has 0 radical (unpaired) electrons. The molecule has 2 unspecified atom stereocenters. The Morgan fingerprint density at radius 1 is 1.18 bits per heavy atom. The summed E-state index contributed by atoms with van der Waals surface area (Å²) in [5.74, 6) is 1.87. The minimum atomic E-state index is 0.874. The van der Waals surface area contributed by atoms with E-state index in [1.54, 1.807) is 5.57 Å². The minimum absolute atomic E-state index is 0.874. The van der Waals surface area contributed by atoms with Crippen LogP contribution in [0.5, 0.6) is 0 Å². The van der Waals surface area contributed by atoms with E-state index in [9.17, 15) is 0 Å². The molecule has 0 heterocycles. The van der Waals surface area contributed by atoms with Gasteiger partial charge in [0.05, 0.1) is 0 Å². The van der Waals surface area contributed by atoms with E-state index in [-0.39, 0.29) is 0 Å². The molecule has 2 aliphatic rings. The van der Waals surface area contributed by atoms with Gasteiger partial charge in [0, 0.05) is 0 Å². The minimum Gasteiger partial charge on any atom is -0.0822 e. The highest BCUT2D eigenvalue weighted by Gasteiger charge is 2.22. The summed E-state index contributed by atoms with van der Waals surface area (Å²) in [6.07, 6.45) is 11.3. The molecule has 0 heteroatoms. The first-order valence-corrected chi connectivity index (χ1v) is 5.07. The second-order valence-corrected chi connectivity index (χ2v) is 4.24. The van der Waals surface area contributed by atoms with Crippen LogP contribution >= 0.6 is 0 Å². The van der Waals surface area contributed by atoms with Crippen LogP contribution in [0.15, 0.2) is 11.6 Å². The van der Waals surface area contributed by atoms with Crippen LogP contribution in [0.25, 0.3) is 0 Å². The van der Waals surface area contributed by atoms with Crippen molar-refractivity contribution in [2.24, 2.45) is 11.8 Å². The predicted molar refractivity (Wildman–Crippen MR) is 48.4 cm³/mol. The Hall–Kier alpha value is -0.260. The summed E-state index contributed by atoms with van der Waals surface area (Å²) in [4.78, 5) is 0. The van der Waals surface area contributed by atoms with E-state index in [1.807, 2.05) is 0 Å². The van der Waals surface area contributed by atoms with Crippen LogP contribution in [0, 0.1) is 11.8 Å². The summed E-state index contributed by atoms with van der Waals surface area (Å²) in [7, 11) is 0. The molecule has 0 amide bonds. The van der Waals surface area contributed by atoms with Gasteiger partial charge in [-0.3, -0.25) is 0 Å². The van der Waals surface area contributed by atoms with Crippen molar-refractivity contribution in [3.63, 3.8) is 0 Å². The first-order valence-electron chi connectivity index (χ1n) is 5.07. The van der Waals surface area contributed by atoms with Gasteiger partial charge in [-0.15, -0.1) is 0 Å². The molecule has 0 saturated heterocycles. The summed E-state index contributed by atoms with van der Waals surface area (Å²) in [5, 5.41) is 0. The maximum Gasteiger partial charge on any atom is -0.0203 e. The third-order valence-corrected chi connectivity index (χ3v) is 3.26. The summed E-state index contributed by atoms with van der Waals surface area (Å²) >= 11 is 0. The third-order valence-electron chi connectivity index (χ3n) is 3.26. The molecular formula is C11H18. The molecule has 2 rings (SSSR count). The van der Waals surface area contributed by atoms with E-state index in [1.165, 1.54) is 38.5 Å². The number of allylic oxidation sites excluding steroid dienone is 2. The molecule has 0 aromatic heterocycles. The normalized spacial score (nSPS) is 37.7. The Morgan fingerprint density at radius 3 is 3.00 bits per heavy atom. The molecule has 11 heavy (non-hydrogen) atoms. The van der Waals surface area contributed by atoms with Crippen molar-refractivity contribution in [3.05, 3.63) is 11.6 Å². The van der Waals surface area contributed by atoms with E-state index >= 15 is 0 Å². The molecule has 2 aliphatic carbocycles. The number of hydrogen-bond donors (Lipinski definition) is 0. The van der Waals surface area contributed by atoms with Gasteiger partial charge in [-0.2, -0.15) is 0 Å². The van der Waals surface area contributed by atoms with E-state index in [4.69, 9.17) is 0 Å². The molecule has 1 fully saturated rings. The average molecular weight is 150 g/mol. The van der Waals surface area contributed by atoms with Crippen molar-refractivity contribution in [3.8, 4) is 0 Å². The summed E-state index contributed by atoms with van der Waals surface area (Å²) < 4.78 is 0. The van der Waals surface area contributed by atoms with Crippen LogP contribution in [-0.2, 0) is 0 Å². The molecular weight excluding hydrogens is 132 g/mol. The lowest BCUT2D eigenvalue weighted by Gasteiger charge is -2.31. The monoisotopic (exact) mass is 150 g/mol. The Morgan fingerprint density at radius 2 is 2.09 bits per heavy atom. The van der Waals surface area contributed by atoms with Gasteiger partial charge in [-0.05, 0) is 43.9 Å². The van der Waals surface area contributed by atoms with Gasteiger partial charge >= 0.3 is 0 Å². The van der Waals surface area contributed by atoms with Gasteiger partial charge in [0.15, 0.2) is 0 Å². The summed E-state index contributed by atoms with van der Waals surface area (Å²) in [6.45, 7) is 2.36. The van der Waals surface area contributed by atoms with Crippen LogP contribution in [0.1, 0.15) is 45.4 Å². The second-order valence-electron chi connectivity index (χ2n) is 4.24. The molecule has 0 aromatic carbocycles. The summed E-state index contributed by atoms with van der Waals surface area (Å²) in [6, 6.07) is 0. The SMILES string of the molecule is CC1C=C2CCCCC2CC1. The molecule has 0 bridgehead atoms. The topological polar surface area (TPSA) is 0 Å². The predicted octanol–water partition coefficient (Wildman–Crippen LogP) is 3.53. The van der Waals surface area contributed by atoms with Crippen molar-refractivity contribution < 1.29 is 0 Å². The lowest BCUT2D eigenvalue weighted by molar-refractivity contribution is 0.372. The highest BCUT2D eigenvalue weighted by molar-refractivity contribution is 5.13. The largest absolute Gasteiger partial charge is 0.0822 e. The maximum atomic E-state index is 2.55. The zero-order valence-corrected chi connectivity index (χ0v) is 7.47. The quantitative estimate of drug-likeness (QED) is 0.463. The first-order chi connectivity index (χ1) is 5.36. The first kappa shape index (κ1) is 7.39. The standard InChI is InChI=1S/C11H18/c1-9-6-7-10-4-2-3-5-11(10)8-9/h8-10H,2-7H2,1H3. The summed E-state index contributed by atoms with van der Waals surface area (Å²) in [5.41, 5.74) is 1.80. The second kappa shape index (κ2) is 3.00. The fraction of sp³-hybridized carbons (Fsp3) is 0.818. The molecule has 2 atom stereocenters. The highest BCUT2D eigenvalue weighted by atomic mass is 14.3. The van der Waals surface area contributed by atoms with Gasteiger partial charge in [-0.1, -0.05) is 25.0 Å². The number of rotatable bonds is 0. The molecule has 62 valence electrons. The van der Waals surface area contributed by atoms with Crippen LogP contribution in [0.4, 0.5) is 0 Å². The molecule has 0 nitrogen and oxygen atoms in total. The van der Waals surface area contributed by atoms with E-state index in [0.717, 1.165) is 11.8 Å². The van der Waals surface area contributed by atoms with Crippen molar-refractivity contribution in [2.75, 3.05) is 0 Å². The average Bonchev–Trinajstić information content (AvgIpc) is 2.04. The van der Waals surface area contributed by atoms with Crippen LogP contribution < -0.4 is 0 Å². The molecule has 0 N–H and O–H groups in total. The van der Waals surface area contributed by atoms with Crippen molar-refractivity contribution >= 4 is 0 Å². The molecule has 0 aromatic rings. The zero-order chi connectivity index (χ0) is 7.68. The van der Waals surface area contributed by atoms with E-state index < -0.39 is 0 Å². The van der Waals surface area contributed by atoms with Crippen molar-refractivity contribution in [1.29, 1.82) is 0 Å². The van der Waals surface area contributed by atoms with Gasteiger partial charge in [0.1, 0.15) is 0 Å². The van der Waals surface area contributed by atoms with Gasteiger partial charge in [0.25, 0.3) is 0 Å². The zero-order valence-electron chi connectivity index (χ0n) is 7.47. The third kappa shape index (κ3) is 1.50. The Balaban J connectivity index is 2.10. The van der Waals surface area contributed by atoms with Gasteiger partial charge < -0.3 is 0 Å². The van der Waals surface area contributed by atoms with Crippen molar-refractivity contribution in [2.45, 2.75) is 45.4 Å². The Bertz CT molecular complexity index is 167. The maximum absolute atomic E-state index is 2.55.